The Bertz CT molecular complexity index is 555. The molecular formula is C15H14BrF2N. The first-order valence-corrected chi connectivity index (χ1v) is 7.16. The molecule has 0 radical (unpaired) electrons. The molecule has 2 aromatic rings. The van der Waals surface area contributed by atoms with Gasteiger partial charge in [0.05, 0.1) is 5.69 Å². The first-order chi connectivity index (χ1) is 9.17. The molecular weight excluding hydrogens is 312 g/mol. The first kappa shape index (κ1) is 14.0. The van der Waals surface area contributed by atoms with E-state index in [9.17, 15) is 8.78 Å². The van der Waals surface area contributed by atoms with Gasteiger partial charge in [-0.25, -0.2) is 8.78 Å². The maximum atomic E-state index is 14.1. The van der Waals surface area contributed by atoms with Crippen LogP contribution in [0.1, 0.15) is 12.5 Å². The second-order valence-corrected chi connectivity index (χ2v) is 4.66. The minimum absolute atomic E-state index is 0.275. The number of para-hydroxylation sites is 1. The number of rotatable bonds is 4. The fourth-order valence-electron chi connectivity index (χ4n) is 2.06. The molecule has 0 unspecified atom stereocenters. The number of nitrogens with zero attached hydrogens (tertiary/aromatic N) is 1. The number of anilines is 2. The molecule has 0 atom stereocenters. The lowest BCUT2D eigenvalue weighted by molar-refractivity contribution is 0.623. The molecule has 0 spiro atoms. The summed E-state index contributed by atoms with van der Waals surface area (Å²) in [5.41, 5.74) is 2.18. The minimum Gasteiger partial charge on any atom is -0.339 e. The van der Waals surface area contributed by atoms with E-state index in [1.165, 1.54) is 18.2 Å². The van der Waals surface area contributed by atoms with E-state index in [0.29, 0.717) is 17.6 Å². The van der Waals surface area contributed by atoms with Gasteiger partial charge in [0.15, 0.2) is 0 Å². The summed E-state index contributed by atoms with van der Waals surface area (Å²) < 4.78 is 27.1. The molecule has 4 heteroatoms. The third-order valence-electron chi connectivity index (χ3n) is 2.94. The zero-order valence-corrected chi connectivity index (χ0v) is 12.1. The Morgan fingerprint density at radius 3 is 2.32 bits per heavy atom. The van der Waals surface area contributed by atoms with E-state index in [2.05, 4.69) is 15.9 Å². The predicted octanol–water partition coefficient (Wildman–Crippen LogP) is 5.02. The van der Waals surface area contributed by atoms with Gasteiger partial charge in [0.25, 0.3) is 0 Å². The van der Waals surface area contributed by atoms with Crippen LogP contribution in [0.15, 0.2) is 42.5 Å². The lowest BCUT2D eigenvalue weighted by Gasteiger charge is -2.26. The van der Waals surface area contributed by atoms with Crippen molar-refractivity contribution in [3.8, 4) is 0 Å². The monoisotopic (exact) mass is 325 g/mol. The maximum absolute atomic E-state index is 14.1. The zero-order chi connectivity index (χ0) is 13.8. The number of hydrogen-bond acceptors (Lipinski definition) is 1. The summed E-state index contributed by atoms with van der Waals surface area (Å²) in [4.78, 5) is 1.84. The molecule has 0 aliphatic heterocycles. The molecule has 0 aromatic heterocycles. The minimum atomic E-state index is -0.297. The van der Waals surface area contributed by atoms with Crippen molar-refractivity contribution in [2.45, 2.75) is 12.3 Å². The Morgan fingerprint density at radius 2 is 1.74 bits per heavy atom. The van der Waals surface area contributed by atoms with Crippen molar-refractivity contribution in [1.29, 1.82) is 0 Å². The normalized spacial score (nSPS) is 10.5. The van der Waals surface area contributed by atoms with Crippen molar-refractivity contribution in [2.75, 3.05) is 11.4 Å². The van der Waals surface area contributed by atoms with E-state index in [4.69, 9.17) is 0 Å². The van der Waals surface area contributed by atoms with Gasteiger partial charge in [-0.05, 0) is 42.8 Å². The summed E-state index contributed by atoms with van der Waals surface area (Å²) in [5.74, 6) is -0.572. The van der Waals surface area contributed by atoms with Crippen LogP contribution >= 0.6 is 15.9 Å². The lowest BCUT2D eigenvalue weighted by Crippen LogP contribution is -2.19. The molecule has 0 N–H and O–H groups in total. The van der Waals surface area contributed by atoms with Crippen LogP contribution < -0.4 is 4.90 Å². The van der Waals surface area contributed by atoms with Crippen LogP contribution in [-0.4, -0.2) is 6.54 Å². The number of benzene rings is 2. The third kappa shape index (κ3) is 2.95. The van der Waals surface area contributed by atoms with Gasteiger partial charge in [-0.2, -0.15) is 0 Å². The van der Waals surface area contributed by atoms with Gasteiger partial charge < -0.3 is 4.90 Å². The van der Waals surface area contributed by atoms with Crippen molar-refractivity contribution in [1.82, 2.24) is 0 Å². The van der Waals surface area contributed by atoms with E-state index < -0.39 is 0 Å². The molecule has 0 amide bonds. The van der Waals surface area contributed by atoms with Gasteiger partial charge in [0, 0.05) is 17.6 Å². The maximum Gasteiger partial charge on any atom is 0.147 e. The van der Waals surface area contributed by atoms with Crippen LogP contribution in [0.4, 0.5) is 20.2 Å². The summed E-state index contributed by atoms with van der Waals surface area (Å²) in [6, 6.07) is 11.1. The van der Waals surface area contributed by atoms with E-state index in [1.807, 2.05) is 17.9 Å². The number of hydrogen-bond donors (Lipinski definition) is 0. The average molecular weight is 326 g/mol. The second kappa shape index (κ2) is 6.15. The van der Waals surface area contributed by atoms with Crippen LogP contribution in [-0.2, 0) is 5.33 Å². The highest BCUT2D eigenvalue weighted by atomic mass is 79.9. The molecule has 19 heavy (non-hydrogen) atoms. The van der Waals surface area contributed by atoms with Crippen molar-refractivity contribution < 1.29 is 8.78 Å². The molecule has 100 valence electrons. The average Bonchev–Trinajstić information content (AvgIpc) is 2.43. The highest BCUT2D eigenvalue weighted by Crippen LogP contribution is 2.32. The highest BCUT2D eigenvalue weighted by Gasteiger charge is 2.15. The lowest BCUT2D eigenvalue weighted by atomic mass is 10.1. The van der Waals surface area contributed by atoms with Gasteiger partial charge in [0.1, 0.15) is 11.6 Å². The van der Waals surface area contributed by atoms with Crippen LogP contribution in [0.3, 0.4) is 0 Å². The Hall–Kier alpha value is -1.42. The molecule has 0 bridgehead atoms. The molecule has 0 aliphatic carbocycles. The summed E-state index contributed by atoms with van der Waals surface area (Å²) in [7, 11) is 0. The molecule has 2 rings (SSSR count). The van der Waals surface area contributed by atoms with Crippen LogP contribution in [0.2, 0.25) is 0 Å². The zero-order valence-electron chi connectivity index (χ0n) is 10.5. The summed E-state index contributed by atoms with van der Waals surface area (Å²) in [6.07, 6.45) is 0. The Labute approximate surface area is 120 Å². The van der Waals surface area contributed by atoms with E-state index in [1.54, 1.807) is 18.2 Å². The second-order valence-electron chi connectivity index (χ2n) is 4.10. The standard InChI is InChI=1S/C15H14BrF2N/c1-2-19(13-8-6-12(17)7-9-13)15-11(10-16)4-3-5-14(15)18/h3-9H,2,10H2,1H3. The number of halogens is 3. The smallest absolute Gasteiger partial charge is 0.147 e. The van der Waals surface area contributed by atoms with Crippen molar-refractivity contribution in [2.24, 2.45) is 0 Å². The first-order valence-electron chi connectivity index (χ1n) is 6.03. The molecule has 0 saturated carbocycles. The fraction of sp³-hybridized carbons (Fsp3) is 0.200. The summed E-state index contributed by atoms with van der Waals surface area (Å²) in [6.45, 7) is 2.54. The van der Waals surface area contributed by atoms with Gasteiger partial charge >= 0.3 is 0 Å². The molecule has 0 heterocycles. The molecule has 2 aromatic carbocycles. The quantitative estimate of drug-likeness (QED) is 0.713. The van der Waals surface area contributed by atoms with E-state index in [0.717, 1.165) is 11.3 Å². The molecule has 0 saturated heterocycles. The molecule has 0 fully saturated rings. The topological polar surface area (TPSA) is 3.24 Å². The largest absolute Gasteiger partial charge is 0.339 e. The van der Waals surface area contributed by atoms with Crippen molar-refractivity contribution in [3.63, 3.8) is 0 Å². The summed E-state index contributed by atoms with van der Waals surface area (Å²) >= 11 is 3.37. The van der Waals surface area contributed by atoms with Crippen molar-refractivity contribution in [3.05, 3.63) is 59.7 Å². The SMILES string of the molecule is CCN(c1ccc(F)cc1)c1c(F)cccc1CBr. The van der Waals surface area contributed by atoms with Crippen LogP contribution in [0.25, 0.3) is 0 Å². The Balaban J connectivity index is 2.50. The van der Waals surface area contributed by atoms with Crippen LogP contribution in [0.5, 0.6) is 0 Å². The van der Waals surface area contributed by atoms with Gasteiger partial charge in [-0.3, -0.25) is 0 Å². The fourth-order valence-corrected chi connectivity index (χ4v) is 2.51. The van der Waals surface area contributed by atoms with E-state index >= 15 is 0 Å². The third-order valence-corrected chi connectivity index (χ3v) is 3.54. The Kier molecular flexibility index (Phi) is 4.53. The molecule has 0 aliphatic rings. The summed E-state index contributed by atoms with van der Waals surface area (Å²) in [5, 5.41) is 0.567. The van der Waals surface area contributed by atoms with Crippen molar-refractivity contribution >= 4 is 27.3 Å². The van der Waals surface area contributed by atoms with Gasteiger partial charge in [0.2, 0.25) is 0 Å². The van der Waals surface area contributed by atoms with Gasteiger partial charge in [-0.15, -0.1) is 0 Å². The van der Waals surface area contributed by atoms with E-state index in [-0.39, 0.29) is 11.6 Å². The van der Waals surface area contributed by atoms with Crippen LogP contribution in [0, 0.1) is 11.6 Å². The van der Waals surface area contributed by atoms with Gasteiger partial charge in [-0.1, -0.05) is 28.1 Å². The Morgan fingerprint density at radius 1 is 1.05 bits per heavy atom. The molecule has 1 nitrogen and oxygen atoms in total. The number of alkyl halides is 1. The predicted molar refractivity (Wildman–Crippen MR) is 78.1 cm³/mol. The highest BCUT2D eigenvalue weighted by molar-refractivity contribution is 9.08.